The lowest BCUT2D eigenvalue weighted by atomic mass is 10.2. The highest BCUT2D eigenvalue weighted by Gasteiger charge is 2.10. The van der Waals surface area contributed by atoms with Gasteiger partial charge in [-0.25, -0.2) is 4.98 Å². The summed E-state index contributed by atoms with van der Waals surface area (Å²) < 4.78 is 0.461. The molecule has 0 spiro atoms. The summed E-state index contributed by atoms with van der Waals surface area (Å²) in [5.41, 5.74) is 1.15. The van der Waals surface area contributed by atoms with E-state index < -0.39 is 0 Å². The Labute approximate surface area is 123 Å². The van der Waals surface area contributed by atoms with Crippen molar-refractivity contribution in [2.45, 2.75) is 19.8 Å². The van der Waals surface area contributed by atoms with Gasteiger partial charge in [0.15, 0.2) is 0 Å². The van der Waals surface area contributed by atoms with Gasteiger partial charge in [0.2, 0.25) is 0 Å². The molecule has 0 atom stereocenters. The van der Waals surface area contributed by atoms with E-state index >= 15 is 0 Å². The van der Waals surface area contributed by atoms with E-state index in [1.54, 1.807) is 12.1 Å². The lowest BCUT2D eigenvalue weighted by Crippen LogP contribution is -2.13. The smallest absolute Gasteiger partial charge is 0.265 e. The second-order valence-corrected chi connectivity index (χ2v) is 5.29. The standard InChI is InChI=1S/C13H12BrClN2O2/c1-2-3-9-11(14)13(19)17-12(16-9)7-4-5-10(18)8(15)6-7/h4-6,18H,2-3H2,1H3,(H,16,17,19). The Morgan fingerprint density at radius 3 is 2.84 bits per heavy atom. The molecule has 0 amide bonds. The van der Waals surface area contributed by atoms with Crippen LogP contribution >= 0.6 is 27.5 Å². The van der Waals surface area contributed by atoms with E-state index in [9.17, 15) is 9.90 Å². The Morgan fingerprint density at radius 2 is 2.21 bits per heavy atom. The molecule has 100 valence electrons. The lowest BCUT2D eigenvalue weighted by Gasteiger charge is -2.07. The number of aromatic hydroxyl groups is 1. The van der Waals surface area contributed by atoms with Crippen molar-refractivity contribution in [1.82, 2.24) is 9.97 Å². The molecule has 2 rings (SSSR count). The third-order valence-electron chi connectivity index (χ3n) is 2.64. The zero-order valence-corrected chi connectivity index (χ0v) is 12.5. The van der Waals surface area contributed by atoms with Gasteiger partial charge < -0.3 is 10.1 Å². The first-order valence-electron chi connectivity index (χ1n) is 5.80. The first-order valence-corrected chi connectivity index (χ1v) is 6.97. The number of halogens is 2. The highest BCUT2D eigenvalue weighted by Crippen LogP contribution is 2.28. The number of rotatable bonds is 3. The molecule has 2 N–H and O–H groups in total. The van der Waals surface area contributed by atoms with Crippen molar-refractivity contribution in [3.05, 3.63) is 43.7 Å². The van der Waals surface area contributed by atoms with Gasteiger partial charge >= 0.3 is 0 Å². The summed E-state index contributed by atoms with van der Waals surface area (Å²) in [6.07, 6.45) is 1.61. The Balaban J connectivity index is 2.56. The average Bonchev–Trinajstić information content (AvgIpc) is 2.38. The van der Waals surface area contributed by atoms with Gasteiger partial charge in [0.1, 0.15) is 16.0 Å². The minimum absolute atomic E-state index is 0.00124. The number of hydrogen-bond donors (Lipinski definition) is 2. The number of hydrogen-bond acceptors (Lipinski definition) is 3. The summed E-state index contributed by atoms with van der Waals surface area (Å²) in [6.45, 7) is 2.02. The number of aromatic nitrogens is 2. The van der Waals surface area contributed by atoms with Crippen molar-refractivity contribution in [1.29, 1.82) is 0 Å². The van der Waals surface area contributed by atoms with Gasteiger partial charge in [0.05, 0.1) is 10.7 Å². The fraction of sp³-hybridized carbons (Fsp3) is 0.231. The van der Waals surface area contributed by atoms with Crippen LogP contribution in [0.15, 0.2) is 27.5 Å². The van der Waals surface area contributed by atoms with Crippen molar-refractivity contribution >= 4 is 27.5 Å². The number of nitrogens with one attached hydrogen (secondary N) is 1. The number of phenols is 1. The first kappa shape index (κ1) is 14.1. The van der Waals surface area contributed by atoms with E-state index in [1.807, 2.05) is 6.92 Å². The molecule has 0 saturated carbocycles. The Kier molecular flexibility index (Phi) is 4.27. The number of aromatic amines is 1. The maximum Gasteiger partial charge on any atom is 0.265 e. The molecular formula is C13H12BrClN2O2. The number of phenolic OH excluding ortho intramolecular Hbond substituents is 1. The van der Waals surface area contributed by atoms with Crippen LogP contribution in [0, 0.1) is 0 Å². The molecule has 19 heavy (non-hydrogen) atoms. The average molecular weight is 344 g/mol. The molecule has 0 fully saturated rings. The second kappa shape index (κ2) is 5.75. The van der Waals surface area contributed by atoms with Crippen molar-refractivity contribution in [3.63, 3.8) is 0 Å². The van der Waals surface area contributed by atoms with Crippen LogP contribution in [0.1, 0.15) is 19.0 Å². The van der Waals surface area contributed by atoms with Gasteiger partial charge in [-0.3, -0.25) is 4.79 Å². The van der Waals surface area contributed by atoms with Crippen LogP contribution in [0.25, 0.3) is 11.4 Å². The molecule has 6 heteroatoms. The van der Waals surface area contributed by atoms with E-state index in [-0.39, 0.29) is 16.3 Å². The fourth-order valence-electron chi connectivity index (χ4n) is 1.70. The molecular weight excluding hydrogens is 332 g/mol. The van der Waals surface area contributed by atoms with Gasteiger partial charge in [-0.05, 0) is 40.5 Å². The van der Waals surface area contributed by atoms with Crippen molar-refractivity contribution in [2.75, 3.05) is 0 Å². The van der Waals surface area contributed by atoms with Crippen LogP contribution in [0.3, 0.4) is 0 Å². The summed E-state index contributed by atoms with van der Waals surface area (Å²) in [5, 5.41) is 9.62. The lowest BCUT2D eigenvalue weighted by molar-refractivity contribution is 0.475. The van der Waals surface area contributed by atoms with Crippen LogP contribution in [0.4, 0.5) is 0 Å². The van der Waals surface area contributed by atoms with Crippen molar-refractivity contribution < 1.29 is 5.11 Å². The topological polar surface area (TPSA) is 66.0 Å². The highest BCUT2D eigenvalue weighted by atomic mass is 79.9. The SMILES string of the molecule is CCCc1nc(-c2ccc(O)c(Cl)c2)[nH]c(=O)c1Br. The van der Waals surface area contributed by atoms with Crippen LogP contribution < -0.4 is 5.56 Å². The maximum atomic E-state index is 11.8. The molecule has 0 radical (unpaired) electrons. The monoisotopic (exact) mass is 342 g/mol. The van der Waals surface area contributed by atoms with E-state index in [0.29, 0.717) is 28.0 Å². The molecule has 1 aromatic heterocycles. The number of H-pyrrole nitrogens is 1. The molecule has 0 aliphatic heterocycles. The third kappa shape index (κ3) is 2.98. The molecule has 0 aliphatic rings. The molecule has 2 aromatic rings. The number of aryl methyl sites for hydroxylation is 1. The van der Waals surface area contributed by atoms with Gasteiger partial charge in [-0.2, -0.15) is 0 Å². The van der Waals surface area contributed by atoms with Crippen molar-refractivity contribution in [2.24, 2.45) is 0 Å². The molecule has 4 nitrogen and oxygen atoms in total. The number of benzene rings is 1. The molecule has 0 saturated heterocycles. The molecule has 0 aliphatic carbocycles. The molecule has 1 aromatic carbocycles. The summed E-state index contributed by atoms with van der Waals surface area (Å²) in [4.78, 5) is 18.9. The minimum atomic E-state index is -0.224. The summed E-state index contributed by atoms with van der Waals surface area (Å²) >= 11 is 9.10. The maximum absolute atomic E-state index is 11.8. The van der Waals surface area contributed by atoms with Gasteiger partial charge in [0, 0.05) is 5.56 Å². The third-order valence-corrected chi connectivity index (χ3v) is 3.76. The predicted molar refractivity (Wildman–Crippen MR) is 78.7 cm³/mol. The van der Waals surface area contributed by atoms with E-state index in [0.717, 1.165) is 6.42 Å². The summed E-state index contributed by atoms with van der Waals surface area (Å²) in [7, 11) is 0. The second-order valence-electron chi connectivity index (χ2n) is 4.09. The van der Waals surface area contributed by atoms with E-state index in [2.05, 4.69) is 25.9 Å². The first-order chi connectivity index (χ1) is 9.02. The zero-order valence-electron chi connectivity index (χ0n) is 10.2. The minimum Gasteiger partial charge on any atom is -0.506 e. The van der Waals surface area contributed by atoms with Gasteiger partial charge in [-0.1, -0.05) is 24.9 Å². The zero-order chi connectivity index (χ0) is 14.0. The highest BCUT2D eigenvalue weighted by molar-refractivity contribution is 9.10. The predicted octanol–water partition coefficient (Wildman–Crippen LogP) is 3.51. The van der Waals surface area contributed by atoms with Crippen LogP contribution in [-0.2, 0) is 6.42 Å². The Bertz CT molecular complexity index is 670. The van der Waals surface area contributed by atoms with Gasteiger partial charge in [0.25, 0.3) is 5.56 Å². The van der Waals surface area contributed by atoms with E-state index in [1.165, 1.54) is 6.07 Å². The Hall–Kier alpha value is -1.33. The van der Waals surface area contributed by atoms with Crippen molar-refractivity contribution in [3.8, 4) is 17.1 Å². The summed E-state index contributed by atoms with van der Waals surface area (Å²) in [5.74, 6) is 0.442. The van der Waals surface area contributed by atoms with Crippen LogP contribution in [0.2, 0.25) is 5.02 Å². The van der Waals surface area contributed by atoms with Crippen LogP contribution in [-0.4, -0.2) is 15.1 Å². The van der Waals surface area contributed by atoms with Gasteiger partial charge in [-0.15, -0.1) is 0 Å². The summed E-state index contributed by atoms with van der Waals surface area (Å²) in [6, 6.07) is 4.70. The molecule has 1 heterocycles. The van der Waals surface area contributed by atoms with E-state index in [4.69, 9.17) is 11.6 Å². The molecule has 0 unspecified atom stereocenters. The normalized spacial score (nSPS) is 10.7. The largest absolute Gasteiger partial charge is 0.506 e. The Morgan fingerprint density at radius 1 is 1.47 bits per heavy atom. The molecule has 0 bridgehead atoms. The number of nitrogens with zero attached hydrogens (tertiary/aromatic N) is 1. The fourth-order valence-corrected chi connectivity index (χ4v) is 2.27. The van der Waals surface area contributed by atoms with Crippen LogP contribution in [0.5, 0.6) is 5.75 Å². The quantitative estimate of drug-likeness (QED) is 0.896.